The molecule has 0 atom stereocenters. The number of carboxylic acid groups (broad SMARTS) is 1. The summed E-state index contributed by atoms with van der Waals surface area (Å²) >= 11 is 5.95. The van der Waals surface area contributed by atoms with Gasteiger partial charge in [0.1, 0.15) is 0 Å². The molecule has 2 heterocycles. The molecule has 14 heavy (non-hydrogen) atoms. The maximum absolute atomic E-state index is 10.5. The van der Waals surface area contributed by atoms with Crippen molar-refractivity contribution in [2.75, 3.05) is 0 Å². The molecule has 0 aromatic carbocycles. The first-order valence-corrected chi connectivity index (χ1v) is 4.40. The van der Waals surface area contributed by atoms with Crippen molar-refractivity contribution in [3.05, 3.63) is 35.1 Å². The quantitative estimate of drug-likeness (QED) is 0.820. The molecular weight excluding hydrogens is 204 g/mol. The van der Waals surface area contributed by atoms with Gasteiger partial charge in [-0.05, 0) is 12.1 Å². The fourth-order valence-corrected chi connectivity index (χ4v) is 1.53. The van der Waals surface area contributed by atoms with Gasteiger partial charge in [0.2, 0.25) is 0 Å². The number of rotatable bonds is 2. The van der Waals surface area contributed by atoms with Gasteiger partial charge in [0.15, 0.2) is 0 Å². The number of aromatic nitrogens is 2. The Morgan fingerprint density at radius 3 is 3.00 bits per heavy atom. The largest absolute Gasteiger partial charge is 0.481 e. The smallest absolute Gasteiger partial charge is 0.309 e. The van der Waals surface area contributed by atoms with E-state index in [1.807, 2.05) is 6.07 Å². The first-order valence-electron chi connectivity index (χ1n) is 4.02. The van der Waals surface area contributed by atoms with Gasteiger partial charge in [-0.25, -0.2) is 4.52 Å². The standard InChI is InChI=1S/C9H7ClN2O2/c10-9-6(5-8(13)14)11-12-4-2-1-3-7(9)12/h1-4H,5H2,(H,13,14). The lowest BCUT2D eigenvalue weighted by atomic mass is 10.3. The van der Waals surface area contributed by atoms with Crippen molar-refractivity contribution < 1.29 is 9.90 Å². The summed E-state index contributed by atoms with van der Waals surface area (Å²) in [7, 11) is 0. The van der Waals surface area contributed by atoms with Crippen LogP contribution < -0.4 is 0 Å². The molecular formula is C9H7ClN2O2. The molecule has 4 nitrogen and oxygen atoms in total. The summed E-state index contributed by atoms with van der Waals surface area (Å²) in [6.45, 7) is 0. The molecule has 2 aromatic rings. The van der Waals surface area contributed by atoms with Crippen LogP contribution in [0.4, 0.5) is 0 Å². The number of halogens is 1. The molecule has 2 aromatic heterocycles. The number of nitrogens with zero attached hydrogens (tertiary/aromatic N) is 2. The molecule has 1 N–H and O–H groups in total. The predicted molar refractivity (Wildman–Crippen MR) is 51.5 cm³/mol. The van der Waals surface area contributed by atoms with Gasteiger partial charge in [-0.3, -0.25) is 4.79 Å². The van der Waals surface area contributed by atoms with E-state index in [4.69, 9.17) is 16.7 Å². The number of hydrogen-bond donors (Lipinski definition) is 1. The van der Waals surface area contributed by atoms with Crippen LogP contribution in [-0.4, -0.2) is 20.7 Å². The molecule has 0 amide bonds. The van der Waals surface area contributed by atoms with E-state index < -0.39 is 5.97 Å². The number of carbonyl (C=O) groups is 1. The number of hydrogen-bond acceptors (Lipinski definition) is 2. The van der Waals surface area contributed by atoms with E-state index in [1.165, 1.54) is 0 Å². The van der Waals surface area contributed by atoms with E-state index in [2.05, 4.69) is 5.10 Å². The van der Waals surface area contributed by atoms with Crippen LogP contribution in [0.5, 0.6) is 0 Å². The second-order valence-electron chi connectivity index (χ2n) is 2.86. The third-order valence-corrected chi connectivity index (χ3v) is 2.28. The molecule has 0 aliphatic rings. The maximum atomic E-state index is 10.5. The zero-order chi connectivity index (χ0) is 10.1. The zero-order valence-electron chi connectivity index (χ0n) is 7.14. The SMILES string of the molecule is O=C(O)Cc1nn2ccccc2c1Cl. The Labute approximate surface area is 84.7 Å². The lowest BCUT2D eigenvalue weighted by molar-refractivity contribution is -0.136. The molecule has 0 radical (unpaired) electrons. The van der Waals surface area contributed by atoms with Gasteiger partial charge in [0, 0.05) is 6.20 Å². The van der Waals surface area contributed by atoms with E-state index in [0.29, 0.717) is 10.7 Å². The van der Waals surface area contributed by atoms with Crippen molar-refractivity contribution in [1.29, 1.82) is 0 Å². The lowest BCUT2D eigenvalue weighted by Crippen LogP contribution is -2.01. The van der Waals surface area contributed by atoms with Gasteiger partial charge in [0.05, 0.1) is 22.7 Å². The molecule has 0 bridgehead atoms. The highest BCUT2D eigenvalue weighted by Gasteiger charge is 2.12. The van der Waals surface area contributed by atoms with Crippen LogP contribution >= 0.6 is 11.6 Å². The second-order valence-corrected chi connectivity index (χ2v) is 3.24. The molecule has 0 fully saturated rings. The molecule has 0 saturated carbocycles. The minimum Gasteiger partial charge on any atom is -0.481 e. The van der Waals surface area contributed by atoms with Crippen LogP contribution in [0, 0.1) is 0 Å². The molecule has 72 valence electrons. The predicted octanol–water partition coefficient (Wildman–Crippen LogP) is 1.61. The summed E-state index contributed by atoms with van der Waals surface area (Å²) in [5, 5.41) is 13.1. The van der Waals surface area contributed by atoms with Gasteiger partial charge in [-0.15, -0.1) is 0 Å². The summed E-state index contributed by atoms with van der Waals surface area (Å²) in [5.41, 5.74) is 1.12. The third-order valence-electron chi connectivity index (χ3n) is 1.86. The maximum Gasteiger partial charge on any atom is 0.309 e. The van der Waals surface area contributed by atoms with Gasteiger partial charge >= 0.3 is 5.97 Å². The van der Waals surface area contributed by atoms with Crippen molar-refractivity contribution in [2.24, 2.45) is 0 Å². The Kier molecular flexibility index (Phi) is 2.13. The fraction of sp³-hybridized carbons (Fsp3) is 0.111. The van der Waals surface area contributed by atoms with E-state index in [9.17, 15) is 4.79 Å². The number of fused-ring (bicyclic) bond motifs is 1. The Bertz CT molecular complexity index is 493. The monoisotopic (exact) mass is 210 g/mol. The highest BCUT2D eigenvalue weighted by molar-refractivity contribution is 6.34. The van der Waals surface area contributed by atoms with Crippen LogP contribution in [0.15, 0.2) is 24.4 Å². The van der Waals surface area contributed by atoms with Crippen molar-refractivity contribution >= 4 is 23.1 Å². The summed E-state index contributed by atoms with van der Waals surface area (Å²) in [6.07, 6.45) is 1.58. The van der Waals surface area contributed by atoms with Crippen molar-refractivity contribution in [3.8, 4) is 0 Å². The number of pyridine rings is 1. The molecule has 5 heteroatoms. The first-order chi connectivity index (χ1) is 6.68. The number of carboxylic acids is 1. The Morgan fingerprint density at radius 1 is 1.57 bits per heavy atom. The van der Waals surface area contributed by atoms with E-state index >= 15 is 0 Å². The normalized spacial score (nSPS) is 10.6. The molecule has 0 aliphatic carbocycles. The Balaban J connectivity index is 2.57. The van der Waals surface area contributed by atoms with E-state index in [1.54, 1.807) is 22.8 Å². The van der Waals surface area contributed by atoms with Crippen molar-refractivity contribution in [1.82, 2.24) is 9.61 Å². The summed E-state index contributed by atoms with van der Waals surface area (Å²) in [4.78, 5) is 10.5. The van der Waals surface area contributed by atoms with Gasteiger partial charge < -0.3 is 5.11 Å². The fourth-order valence-electron chi connectivity index (χ4n) is 1.27. The van der Waals surface area contributed by atoms with Crippen molar-refractivity contribution in [2.45, 2.75) is 6.42 Å². The number of aliphatic carboxylic acids is 1. The average Bonchev–Trinajstić information content (AvgIpc) is 2.44. The average molecular weight is 211 g/mol. The zero-order valence-corrected chi connectivity index (χ0v) is 7.90. The van der Waals surface area contributed by atoms with Crippen LogP contribution in [0.1, 0.15) is 5.69 Å². The van der Waals surface area contributed by atoms with Gasteiger partial charge in [-0.1, -0.05) is 17.7 Å². The highest BCUT2D eigenvalue weighted by Crippen LogP contribution is 2.21. The van der Waals surface area contributed by atoms with Crippen molar-refractivity contribution in [3.63, 3.8) is 0 Å². The Morgan fingerprint density at radius 2 is 2.36 bits per heavy atom. The topological polar surface area (TPSA) is 54.6 Å². The molecule has 2 rings (SSSR count). The van der Waals surface area contributed by atoms with Gasteiger partial charge in [-0.2, -0.15) is 5.10 Å². The molecule has 0 saturated heterocycles. The molecule has 0 unspecified atom stereocenters. The molecule has 0 spiro atoms. The van der Waals surface area contributed by atoms with Crippen LogP contribution in [0.25, 0.3) is 5.52 Å². The van der Waals surface area contributed by atoms with E-state index in [0.717, 1.165) is 5.52 Å². The highest BCUT2D eigenvalue weighted by atomic mass is 35.5. The van der Waals surface area contributed by atoms with E-state index in [-0.39, 0.29) is 6.42 Å². The lowest BCUT2D eigenvalue weighted by Gasteiger charge is -1.88. The van der Waals surface area contributed by atoms with Crippen LogP contribution in [0.2, 0.25) is 5.02 Å². The minimum absolute atomic E-state index is 0.152. The minimum atomic E-state index is -0.935. The first kappa shape index (κ1) is 9.02. The summed E-state index contributed by atoms with van der Waals surface area (Å²) in [6, 6.07) is 5.43. The third kappa shape index (κ3) is 1.44. The summed E-state index contributed by atoms with van der Waals surface area (Å²) in [5.74, 6) is -0.935. The van der Waals surface area contributed by atoms with Crippen LogP contribution in [0.3, 0.4) is 0 Å². The molecule has 0 aliphatic heterocycles. The van der Waals surface area contributed by atoms with Gasteiger partial charge in [0.25, 0.3) is 0 Å². The summed E-state index contributed by atoms with van der Waals surface area (Å²) < 4.78 is 1.57. The Hall–Kier alpha value is -1.55. The van der Waals surface area contributed by atoms with Crippen LogP contribution in [-0.2, 0) is 11.2 Å². The second kappa shape index (κ2) is 3.31.